The van der Waals surface area contributed by atoms with Crippen molar-refractivity contribution in [3.8, 4) is 0 Å². The summed E-state index contributed by atoms with van der Waals surface area (Å²) >= 11 is 0. The fourth-order valence-electron chi connectivity index (χ4n) is 1.87. The van der Waals surface area contributed by atoms with Gasteiger partial charge in [0.1, 0.15) is 0 Å². The lowest BCUT2D eigenvalue weighted by Crippen LogP contribution is -2.31. The van der Waals surface area contributed by atoms with Crippen molar-refractivity contribution in [3.05, 3.63) is 35.4 Å². The number of nitrogens with two attached hydrogens (primary N) is 1. The Morgan fingerprint density at radius 3 is 2.50 bits per heavy atom. The normalized spacial score (nSPS) is 11.9. The molecule has 0 saturated heterocycles. The number of hydrogen-bond donors (Lipinski definition) is 3. The zero-order valence-corrected chi connectivity index (χ0v) is 11.8. The maximum atomic E-state index is 11.8. The molecule has 1 unspecified atom stereocenters. The first-order valence-electron chi connectivity index (χ1n) is 6.84. The fourth-order valence-corrected chi connectivity index (χ4v) is 1.87. The summed E-state index contributed by atoms with van der Waals surface area (Å²) in [6.45, 7) is 3.05. The number of nitrogens with one attached hydrogen (secondary N) is 1. The first-order valence-corrected chi connectivity index (χ1v) is 6.84. The summed E-state index contributed by atoms with van der Waals surface area (Å²) in [4.78, 5) is 22.5. The molecular formula is C15H22N2O3. The number of carbonyl (C=O) groups excluding carboxylic acids is 1. The van der Waals surface area contributed by atoms with E-state index in [0.29, 0.717) is 19.5 Å². The number of amides is 1. The zero-order chi connectivity index (χ0) is 15.0. The molecule has 0 aliphatic heterocycles. The third-order valence-electron chi connectivity index (χ3n) is 3.20. The smallest absolute Gasteiger partial charge is 0.335 e. The topological polar surface area (TPSA) is 92.4 Å². The van der Waals surface area contributed by atoms with Gasteiger partial charge in [-0.2, -0.15) is 0 Å². The highest BCUT2D eigenvalue weighted by molar-refractivity contribution is 5.87. The number of carbonyl (C=O) groups is 2. The zero-order valence-electron chi connectivity index (χ0n) is 11.8. The lowest BCUT2D eigenvalue weighted by molar-refractivity contribution is -0.124. The van der Waals surface area contributed by atoms with Gasteiger partial charge in [-0.25, -0.2) is 4.79 Å². The van der Waals surface area contributed by atoms with E-state index >= 15 is 0 Å². The van der Waals surface area contributed by atoms with Crippen LogP contribution in [0.25, 0.3) is 0 Å². The van der Waals surface area contributed by atoms with E-state index < -0.39 is 5.97 Å². The molecule has 1 aromatic carbocycles. The Bertz CT molecular complexity index is 443. The van der Waals surface area contributed by atoms with E-state index in [1.54, 1.807) is 24.3 Å². The SMILES string of the molecule is CC(CCCN)C(=O)NCCc1ccc(C(=O)O)cc1. The van der Waals surface area contributed by atoms with Crippen molar-refractivity contribution in [2.45, 2.75) is 26.2 Å². The molecule has 0 bridgehead atoms. The van der Waals surface area contributed by atoms with Gasteiger partial charge in [0.2, 0.25) is 5.91 Å². The van der Waals surface area contributed by atoms with E-state index in [9.17, 15) is 9.59 Å². The first-order chi connectivity index (χ1) is 9.54. The second kappa shape index (κ2) is 8.32. The molecule has 0 fully saturated rings. The van der Waals surface area contributed by atoms with Gasteiger partial charge in [-0.15, -0.1) is 0 Å². The molecule has 4 N–H and O–H groups in total. The van der Waals surface area contributed by atoms with Gasteiger partial charge >= 0.3 is 5.97 Å². The molecule has 1 atom stereocenters. The van der Waals surface area contributed by atoms with Gasteiger partial charge in [-0.1, -0.05) is 19.1 Å². The summed E-state index contributed by atoms with van der Waals surface area (Å²) in [6.07, 6.45) is 2.34. The average Bonchev–Trinajstić information content (AvgIpc) is 2.45. The van der Waals surface area contributed by atoms with Gasteiger partial charge in [0.15, 0.2) is 0 Å². The predicted molar refractivity (Wildman–Crippen MR) is 77.6 cm³/mol. The Hall–Kier alpha value is -1.88. The molecule has 1 aromatic rings. The van der Waals surface area contributed by atoms with Crippen molar-refractivity contribution in [2.24, 2.45) is 11.7 Å². The van der Waals surface area contributed by atoms with Gasteiger partial charge in [-0.3, -0.25) is 4.79 Å². The Balaban J connectivity index is 2.33. The lowest BCUT2D eigenvalue weighted by Gasteiger charge is -2.11. The molecule has 20 heavy (non-hydrogen) atoms. The molecule has 0 spiro atoms. The second-order valence-corrected chi connectivity index (χ2v) is 4.88. The highest BCUT2D eigenvalue weighted by Crippen LogP contribution is 2.06. The van der Waals surface area contributed by atoms with Crippen LogP contribution in [0.1, 0.15) is 35.7 Å². The average molecular weight is 278 g/mol. The molecule has 0 radical (unpaired) electrons. The van der Waals surface area contributed by atoms with Crippen LogP contribution in [0.2, 0.25) is 0 Å². The minimum absolute atomic E-state index is 0.0204. The molecule has 110 valence electrons. The number of hydrogen-bond acceptors (Lipinski definition) is 3. The van der Waals surface area contributed by atoms with E-state index in [-0.39, 0.29) is 17.4 Å². The minimum Gasteiger partial charge on any atom is -0.478 e. The van der Waals surface area contributed by atoms with Crippen LogP contribution in [0, 0.1) is 5.92 Å². The molecule has 0 saturated carbocycles. The van der Waals surface area contributed by atoms with Crippen LogP contribution >= 0.6 is 0 Å². The van der Waals surface area contributed by atoms with Crippen LogP contribution < -0.4 is 11.1 Å². The van der Waals surface area contributed by atoms with Gasteiger partial charge in [0, 0.05) is 12.5 Å². The van der Waals surface area contributed by atoms with Gasteiger partial charge < -0.3 is 16.2 Å². The highest BCUT2D eigenvalue weighted by Gasteiger charge is 2.11. The summed E-state index contributed by atoms with van der Waals surface area (Å²) in [7, 11) is 0. The number of rotatable bonds is 8. The van der Waals surface area contributed by atoms with Crippen molar-refractivity contribution in [2.75, 3.05) is 13.1 Å². The van der Waals surface area contributed by atoms with Crippen molar-refractivity contribution < 1.29 is 14.7 Å². The van der Waals surface area contributed by atoms with E-state index in [4.69, 9.17) is 10.8 Å². The number of carboxylic acids is 1. The molecule has 5 nitrogen and oxygen atoms in total. The van der Waals surface area contributed by atoms with Crippen LogP contribution in [0.4, 0.5) is 0 Å². The van der Waals surface area contributed by atoms with Crippen LogP contribution in [-0.2, 0) is 11.2 Å². The molecule has 0 heterocycles. The molecule has 1 rings (SSSR count). The Labute approximate surface area is 119 Å². The van der Waals surface area contributed by atoms with Crippen molar-refractivity contribution in [1.29, 1.82) is 0 Å². The van der Waals surface area contributed by atoms with Crippen LogP contribution in [0.5, 0.6) is 0 Å². The molecule has 0 aliphatic carbocycles. The number of benzene rings is 1. The van der Waals surface area contributed by atoms with E-state index in [0.717, 1.165) is 18.4 Å². The summed E-state index contributed by atoms with van der Waals surface area (Å²) in [5, 5.41) is 11.7. The molecule has 0 aliphatic rings. The highest BCUT2D eigenvalue weighted by atomic mass is 16.4. The Morgan fingerprint density at radius 2 is 1.95 bits per heavy atom. The molecule has 1 amide bonds. The number of carboxylic acid groups (broad SMARTS) is 1. The van der Waals surface area contributed by atoms with E-state index in [1.807, 2.05) is 6.92 Å². The maximum Gasteiger partial charge on any atom is 0.335 e. The second-order valence-electron chi connectivity index (χ2n) is 4.88. The van der Waals surface area contributed by atoms with Gasteiger partial charge in [-0.05, 0) is 43.5 Å². The van der Waals surface area contributed by atoms with Crippen molar-refractivity contribution in [1.82, 2.24) is 5.32 Å². The molecular weight excluding hydrogens is 256 g/mol. The number of aromatic carboxylic acids is 1. The van der Waals surface area contributed by atoms with Gasteiger partial charge in [0.05, 0.1) is 5.56 Å². The molecule has 5 heteroatoms. The van der Waals surface area contributed by atoms with Crippen LogP contribution in [-0.4, -0.2) is 30.1 Å². The van der Waals surface area contributed by atoms with Crippen molar-refractivity contribution >= 4 is 11.9 Å². The third-order valence-corrected chi connectivity index (χ3v) is 3.20. The third kappa shape index (κ3) is 5.40. The fraction of sp³-hybridized carbons (Fsp3) is 0.467. The van der Waals surface area contributed by atoms with E-state index in [1.165, 1.54) is 0 Å². The van der Waals surface area contributed by atoms with Gasteiger partial charge in [0.25, 0.3) is 0 Å². The van der Waals surface area contributed by atoms with Crippen LogP contribution in [0.3, 0.4) is 0 Å². The van der Waals surface area contributed by atoms with E-state index in [2.05, 4.69) is 5.32 Å². The first kappa shape index (κ1) is 16.2. The quantitative estimate of drug-likeness (QED) is 0.670. The Morgan fingerprint density at radius 1 is 1.30 bits per heavy atom. The minimum atomic E-state index is -0.932. The lowest BCUT2D eigenvalue weighted by atomic mass is 10.0. The summed E-state index contributed by atoms with van der Waals surface area (Å²) in [5.74, 6) is -0.910. The largest absolute Gasteiger partial charge is 0.478 e. The van der Waals surface area contributed by atoms with Crippen LogP contribution in [0.15, 0.2) is 24.3 Å². The summed E-state index contributed by atoms with van der Waals surface area (Å²) < 4.78 is 0. The summed E-state index contributed by atoms with van der Waals surface area (Å²) in [5.41, 5.74) is 6.69. The summed E-state index contributed by atoms with van der Waals surface area (Å²) in [6, 6.07) is 6.69. The predicted octanol–water partition coefficient (Wildman–Crippen LogP) is 1.42. The maximum absolute atomic E-state index is 11.8. The Kier molecular flexibility index (Phi) is 6.73. The standard InChI is InChI=1S/C15H22N2O3/c1-11(3-2-9-16)14(18)17-10-8-12-4-6-13(7-5-12)15(19)20/h4-7,11H,2-3,8-10,16H2,1H3,(H,17,18)(H,19,20). The molecule has 0 aromatic heterocycles. The monoisotopic (exact) mass is 278 g/mol. The van der Waals surface area contributed by atoms with Crippen molar-refractivity contribution in [3.63, 3.8) is 0 Å².